The van der Waals surface area contributed by atoms with E-state index in [1.54, 1.807) is 0 Å². The van der Waals surface area contributed by atoms with Crippen molar-refractivity contribution in [2.24, 2.45) is 0 Å². The quantitative estimate of drug-likeness (QED) is 0.0197. The molecule has 0 aliphatic rings. The van der Waals surface area contributed by atoms with Crippen molar-refractivity contribution in [1.82, 2.24) is 0 Å². The van der Waals surface area contributed by atoms with Gasteiger partial charge in [0.15, 0.2) is 0 Å². The number of rotatable bonds is 46. The standard InChI is InChI=1S/C56H96NO7P/c1-6-8-10-12-14-16-18-20-22-24-26-28-30-32-34-36-38-40-42-44-46-48-51-61-53-55(54-63-65(59,60)62-52-50-57(3,4)5)64-56(58)49-47-45-43-41-39-37-35-33-31-29-27-25-23-21-19-17-15-13-11-9-7-2/h8-11,14-17,20-23,26-29,32,34,55H,6-7,12-13,18-19,24-25,30-31,33,35-54H2,1-5H3/b10-8-,11-9-,16-14-,17-15-,22-20-,23-21-,28-26-,29-27-,34-32-. The minimum Gasteiger partial charge on any atom is -0.756 e. The summed E-state index contributed by atoms with van der Waals surface area (Å²) in [6.45, 7) is 5.12. The normalized spacial score (nSPS) is 14.5. The molecule has 0 fully saturated rings. The molecule has 9 heteroatoms. The summed E-state index contributed by atoms with van der Waals surface area (Å²) >= 11 is 0. The van der Waals surface area contributed by atoms with Crippen LogP contribution in [0.5, 0.6) is 0 Å². The average molecular weight is 926 g/mol. The molecule has 0 aromatic heterocycles. The van der Waals surface area contributed by atoms with Crippen LogP contribution in [0.25, 0.3) is 0 Å². The second-order valence-corrected chi connectivity index (χ2v) is 19.2. The average Bonchev–Trinajstić information content (AvgIpc) is 3.27. The molecule has 0 aliphatic carbocycles. The highest BCUT2D eigenvalue weighted by atomic mass is 31.2. The molecule has 0 aliphatic heterocycles. The summed E-state index contributed by atoms with van der Waals surface area (Å²) in [4.78, 5) is 25.2. The minimum absolute atomic E-state index is 0.0145. The predicted octanol–water partition coefficient (Wildman–Crippen LogP) is 15.3. The lowest BCUT2D eigenvalue weighted by molar-refractivity contribution is -0.870. The molecule has 0 aromatic rings. The van der Waals surface area contributed by atoms with Gasteiger partial charge in [0.1, 0.15) is 19.3 Å². The number of hydrogen-bond acceptors (Lipinski definition) is 7. The second-order valence-electron chi connectivity index (χ2n) is 17.8. The van der Waals surface area contributed by atoms with E-state index >= 15 is 0 Å². The van der Waals surface area contributed by atoms with E-state index in [0.717, 1.165) is 109 Å². The molecular formula is C56H96NO7P. The molecule has 8 nitrogen and oxygen atoms in total. The Balaban J connectivity index is 4.23. The van der Waals surface area contributed by atoms with Crippen LogP contribution in [0.3, 0.4) is 0 Å². The topological polar surface area (TPSA) is 94.1 Å². The lowest BCUT2D eigenvalue weighted by Crippen LogP contribution is -2.37. The number of carbonyl (C=O) groups is 1. The SMILES string of the molecule is CC/C=C\C/C=C\C/C=C\C/C=C\C/C=C\CCCCCCCCOCC(COP(=O)([O-])OCC[N+](C)(C)C)OC(=O)CCCCCCCCCC/C=C\C/C=C\C/C=C\C/C=C\CC. The van der Waals surface area contributed by atoms with Crippen molar-refractivity contribution in [1.29, 1.82) is 0 Å². The van der Waals surface area contributed by atoms with Gasteiger partial charge < -0.3 is 27.9 Å². The van der Waals surface area contributed by atoms with Crippen LogP contribution in [0.2, 0.25) is 0 Å². The molecule has 0 saturated heterocycles. The Labute approximate surface area is 400 Å². The van der Waals surface area contributed by atoms with E-state index in [0.29, 0.717) is 24.1 Å². The summed E-state index contributed by atoms with van der Waals surface area (Å²) in [5.41, 5.74) is 0. The van der Waals surface area contributed by atoms with Gasteiger partial charge in [0, 0.05) is 13.0 Å². The first kappa shape index (κ1) is 62.2. The largest absolute Gasteiger partial charge is 0.756 e. The van der Waals surface area contributed by atoms with Gasteiger partial charge in [0.25, 0.3) is 7.82 Å². The Morgan fingerprint density at radius 2 is 0.846 bits per heavy atom. The maximum absolute atomic E-state index is 12.8. The van der Waals surface area contributed by atoms with E-state index in [2.05, 4.69) is 123 Å². The van der Waals surface area contributed by atoms with Crippen LogP contribution in [0.15, 0.2) is 109 Å². The van der Waals surface area contributed by atoms with E-state index < -0.39 is 13.9 Å². The van der Waals surface area contributed by atoms with Crippen LogP contribution in [0, 0.1) is 0 Å². The summed E-state index contributed by atoms with van der Waals surface area (Å²) in [6.07, 6.45) is 66.8. The van der Waals surface area contributed by atoms with E-state index in [1.165, 1.54) is 51.4 Å². The molecule has 0 rings (SSSR count). The number of nitrogens with zero attached hydrogens (tertiary/aromatic N) is 1. The van der Waals surface area contributed by atoms with Gasteiger partial charge in [0.2, 0.25) is 0 Å². The zero-order chi connectivity index (χ0) is 47.6. The Hall–Kier alpha value is -2.84. The molecule has 0 aromatic carbocycles. The Bertz CT molecular complexity index is 1400. The fraction of sp³-hybridized carbons (Fsp3) is 0.661. The van der Waals surface area contributed by atoms with E-state index in [4.69, 9.17) is 18.5 Å². The number of quaternary nitrogens is 1. The van der Waals surface area contributed by atoms with Gasteiger partial charge in [-0.3, -0.25) is 9.36 Å². The Morgan fingerprint density at radius 1 is 0.477 bits per heavy atom. The lowest BCUT2D eigenvalue weighted by Gasteiger charge is -2.28. The fourth-order valence-corrected chi connectivity index (χ4v) is 7.17. The van der Waals surface area contributed by atoms with E-state index in [9.17, 15) is 14.3 Å². The number of likely N-dealkylation sites (N-methyl/N-ethyl adjacent to an activating group) is 1. The highest BCUT2D eigenvalue weighted by molar-refractivity contribution is 7.45. The molecule has 65 heavy (non-hydrogen) atoms. The molecule has 2 unspecified atom stereocenters. The van der Waals surface area contributed by atoms with Crippen molar-refractivity contribution < 1.29 is 37.3 Å². The molecule has 0 amide bonds. The number of unbranched alkanes of at least 4 members (excludes halogenated alkanes) is 14. The van der Waals surface area contributed by atoms with Crippen LogP contribution in [0.1, 0.15) is 181 Å². The number of phosphoric acid groups is 1. The number of carbonyl (C=O) groups excluding carboxylic acids is 1. The van der Waals surface area contributed by atoms with E-state index in [-0.39, 0.29) is 25.8 Å². The maximum atomic E-state index is 12.8. The van der Waals surface area contributed by atoms with Crippen LogP contribution >= 0.6 is 7.82 Å². The number of esters is 1. The predicted molar refractivity (Wildman–Crippen MR) is 277 cm³/mol. The summed E-state index contributed by atoms with van der Waals surface area (Å²) in [7, 11) is 1.32. The first-order chi connectivity index (χ1) is 31.6. The van der Waals surface area contributed by atoms with Crippen molar-refractivity contribution >= 4 is 13.8 Å². The molecule has 0 bridgehead atoms. The number of allylic oxidation sites excluding steroid dienone is 18. The van der Waals surface area contributed by atoms with Crippen molar-refractivity contribution in [2.45, 2.75) is 187 Å². The molecule has 0 radical (unpaired) electrons. The van der Waals surface area contributed by atoms with Gasteiger partial charge in [0.05, 0.1) is 34.4 Å². The minimum atomic E-state index is -4.55. The van der Waals surface area contributed by atoms with Gasteiger partial charge >= 0.3 is 5.97 Å². The summed E-state index contributed by atoms with van der Waals surface area (Å²) < 4.78 is 34.7. The van der Waals surface area contributed by atoms with Gasteiger partial charge in [-0.05, 0) is 96.3 Å². The monoisotopic (exact) mass is 926 g/mol. The second kappa shape index (κ2) is 47.6. The van der Waals surface area contributed by atoms with Crippen LogP contribution in [-0.2, 0) is 27.9 Å². The number of ether oxygens (including phenoxy) is 2. The van der Waals surface area contributed by atoms with Crippen molar-refractivity contribution in [3.63, 3.8) is 0 Å². The van der Waals surface area contributed by atoms with Crippen molar-refractivity contribution in [3.8, 4) is 0 Å². The lowest BCUT2D eigenvalue weighted by atomic mass is 10.1. The smallest absolute Gasteiger partial charge is 0.306 e. The third-order valence-corrected chi connectivity index (χ3v) is 11.3. The Morgan fingerprint density at radius 3 is 1.26 bits per heavy atom. The van der Waals surface area contributed by atoms with Gasteiger partial charge in [-0.2, -0.15) is 0 Å². The summed E-state index contributed by atoms with van der Waals surface area (Å²) in [5, 5.41) is 0. The number of phosphoric ester groups is 1. The molecule has 0 saturated carbocycles. The van der Waals surface area contributed by atoms with Crippen molar-refractivity contribution in [2.75, 3.05) is 54.1 Å². The third kappa shape index (κ3) is 52.0. The highest BCUT2D eigenvalue weighted by Crippen LogP contribution is 2.38. The van der Waals surface area contributed by atoms with Gasteiger partial charge in [-0.1, -0.05) is 187 Å². The molecule has 2 atom stereocenters. The third-order valence-electron chi connectivity index (χ3n) is 10.3. The molecular weight excluding hydrogens is 830 g/mol. The zero-order valence-corrected chi connectivity index (χ0v) is 43.0. The van der Waals surface area contributed by atoms with Gasteiger partial charge in [-0.25, -0.2) is 0 Å². The zero-order valence-electron chi connectivity index (χ0n) is 42.1. The highest BCUT2D eigenvalue weighted by Gasteiger charge is 2.20. The molecule has 0 spiro atoms. The van der Waals surface area contributed by atoms with Gasteiger partial charge in [-0.15, -0.1) is 0 Å². The summed E-state index contributed by atoms with van der Waals surface area (Å²) in [6, 6.07) is 0. The number of hydrogen-bond donors (Lipinski definition) is 0. The van der Waals surface area contributed by atoms with Crippen molar-refractivity contribution in [3.05, 3.63) is 109 Å². The molecule has 0 heterocycles. The molecule has 0 N–H and O–H groups in total. The fourth-order valence-electron chi connectivity index (χ4n) is 6.45. The Kier molecular flexibility index (Phi) is 45.6. The molecule has 372 valence electrons. The maximum Gasteiger partial charge on any atom is 0.306 e. The van der Waals surface area contributed by atoms with Crippen LogP contribution < -0.4 is 4.89 Å². The summed E-state index contributed by atoms with van der Waals surface area (Å²) in [5.74, 6) is -0.352. The van der Waals surface area contributed by atoms with Crippen LogP contribution in [-0.4, -0.2) is 70.7 Å². The first-order valence-corrected chi connectivity index (χ1v) is 27.1. The first-order valence-electron chi connectivity index (χ1n) is 25.6. The van der Waals surface area contributed by atoms with E-state index in [1.807, 2.05) is 21.1 Å². The van der Waals surface area contributed by atoms with Crippen LogP contribution in [0.4, 0.5) is 0 Å².